The van der Waals surface area contributed by atoms with Crippen LogP contribution in [0.15, 0.2) is 98.9 Å². The van der Waals surface area contributed by atoms with Crippen molar-refractivity contribution in [2.45, 2.75) is 46.4 Å². The zero-order chi connectivity index (χ0) is 33.1. The summed E-state index contributed by atoms with van der Waals surface area (Å²) in [5.74, 6) is -0.458. The highest BCUT2D eigenvalue weighted by molar-refractivity contribution is 9.10. The molecule has 0 radical (unpaired) electrons. The fraction of sp³-hybridized carbons (Fsp3) is 0.250. The molecule has 0 spiro atoms. The van der Waals surface area contributed by atoms with Gasteiger partial charge in [0, 0.05) is 30.9 Å². The summed E-state index contributed by atoms with van der Waals surface area (Å²) in [7, 11) is 0. The van der Waals surface area contributed by atoms with Gasteiger partial charge in [0.05, 0.1) is 15.0 Å². The van der Waals surface area contributed by atoms with E-state index in [1.54, 1.807) is 35.4 Å². The number of hydrogen-bond donors (Lipinski definition) is 0. The summed E-state index contributed by atoms with van der Waals surface area (Å²) in [5.41, 5.74) is 5.10. The molecular formula is C36H35Br2ClF2N2O4. The van der Waals surface area contributed by atoms with Crippen molar-refractivity contribution in [3.63, 3.8) is 0 Å². The summed E-state index contributed by atoms with van der Waals surface area (Å²) in [5, 5.41) is 0. The number of carbonyl (C=O) groups is 2. The Morgan fingerprint density at radius 3 is 2.00 bits per heavy atom. The summed E-state index contributed by atoms with van der Waals surface area (Å²) in [6, 6.07) is 25.5. The van der Waals surface area contributed by atoms with Crippen LogP contribution in [-0.2, 0) is 35.5 Å². The third kappa shape index (κ3) is 11.3. The number of benzene rings is 4. The highest BCUT2D eigenvalue weighted by Gasteiger charge is 2.29. The largest absolute Gasteiger partial charge is 0.449 e. The van der Waals surface area contributed by atoms with E-state index < -0.39 is 5.43 Å². The van der Waals surface area contributed by atoms with E-state index in [1.165, 1.54) is 0 Å². The summed E-state index contributed by atoms with van der Waals surface area (Å²) in [4.78, 5) is 28.3. The molecule has 6 rings (SSSR count). The minimum absolute atomic E-state index is 0. The van der Waals surface area contributed by atoms with Crippen LogP contribution in [0, 0.1) is 11.6 Å². The van der Waals surface area contributed by atoms with Gasteiger partial charge >= 0.3 is 11.5 Å². The molecule has 0 fully saturated rings. The molecule has 0 aliphatic carbocycles. The highest BCUT2D eigenvalue weighted by atomic mass is 79.9. The van der Waals surface area contributed by atoms with Gasteiger partial charge in [0.2, 0.25) is 0 Å². The zero-order valence-corrected chi connectivity index (χ0v) is 28.8. The van der Waals surface area contributed by atoms with E-state index in [0.29, 0.717) is 21.9 Å². The number of halogens is 5. The smallest absolute Gasteiger partial charge is 0.410 e. The molecule has 4 aromatic rings. The molecule has 2 heterocycles. The first kappa shape index (κ1) is 37.9. The maximum Gasteiger partial charge on any atom is 0.410 e. The molecule has 0 aromatic heterocycles. The molecule has 2 aliphatic heterocycles. The molecule has 1 unspecified atom stereocenters. The van der Waals surface area contributed by atoms with Gasteiger partial charge in [0.25, 0.3) is 0 Å². The van der Waals surface area contributed by atoms with Crippen LogP contribution in [0.2, 0.25) is 0 Å². The van der Waals surface area contributed by atoms with Crippen molar-refractivity contribution in [2.75, 3.05) is 13.1 Å². The summed E-state index contributed by atoms with van der Waals surface area (Å²) in [6.45, 7) is 3.73. The zero-order valence-electron chi connectivity index (χ0n) is 24.9. The Morgan fingerprint density at radius 2 is 1.40 bits per heavy atom. The average Bonchev–Trinajstić information content (AvgIpc) is 3.06. The van der Waals surface area contributed by atoms with Crippen LogP contribution in [0.3, 0.4) is 0 Å². The third-order valence-electron chi connectivity index (χ3n) is 7.28. The third-order valence-corrected chi connectivity index (χ3v) is 8.60. The molecule has 0 saturated carbocycles. The molecule has 11 heteroatoms. The van der Waals surface area contributed by atoms with Crippen LogP contribution in [0.4, 0.5) is 18.4 Å². The van der Waals surface area contributed by atoms with E-state index in [0.717, 1.165) is 46.3 Å². The monoisotopic (exact) mass is 790 g/mol. The Bertz CT molecular complexity index is 1680. The molecule has 47 heavy (non-hydrogen) atoms. The minimum atomic E-state index is -0.770. The van der Waals surface area contributed by atoms with Crippen molar-refractivity contribution in [3.05, 3.63) is 139 Å². The molecule has 0 N–H and O–H groups in total. The summed E-state index contributed by atoms with van der Waals surface area (Å²) in [6.07, 6.45) is 2.93. The van der Waals surface area contributed by atoms with Crippen LogP contribution in [0.5, 0.6) is 0 Å². The topological polar surface area (TPSA) is 68.2 Å². The lowest BCUT2D eigenvalue weighted by molar-refractivity contribution is 0.0803. The van der Waals surface area contributed by atoms with Gasteiger partial charge in [-0.3, -0.25) is 4.99 Å². The first-order valence-corrected chi connectivity index (χ1v) is 16.4. The SMILES string of the molecule is C.CC1c2cc(Br)c(F)cc2CCN1C(=O)OCc1ccccc1.Fc1cc2c(cc1Br)C=NCC2.O=C(Cl)OCc1ccccc1. The number of ether oxygens (including phenoxy) is 2. The summed E-state index contributed by atoms with van der Waals surface area (Å²) >= 11 is 11.3. The van der Waals surface area contributed by atoms with Crippen molar-refractivity contribution in [1.29, 1.82) is 0 Å². The molecule has 4 aromatic carbocycles. The Morgan fingerprint density at radius 1 is 0.851 bits per heavy atom. The molecule has 0 saturated heterocycles. The maximum atomic E-state index is 13.6. The van der Waals surface area contributed by atoms with Crippen molar-refractivity contribution >= 4 is 61.2 Å². The predicted molar refractivity (Wildman–Crippen MR) is 189 cm³/mol. The van der Waals surface area contributed by atoms with Crippen LogP contribution in [0.25, 0.3) is 0 Å². The number of rotatable bonds is 4. The van der Waals surface area contributed by atoms with Crippen molar-refractivity contribution in [1.82, 2.24) is 4.90 Å². The van der Waals surface area contributed by atoms with Gasteiger partial charge in [-0.2, -0.15) is 0 Å². The number of nitrogens with zero attached hydrogens (tertiary/aromatic N) is 2. The molecule has 1 atom stereocenters. The molecule has 0 bridgehead atoms. The van der Waals surface area contributed by atoms with E-state index in [9.17, 15) is 18.4 Å². The van der Waals surface area contributed by atoms with Crippen molar-refractivity contribution in [3.8, 4) is 0 Å². The lowest BCUT2D eigenvalue weighted by Gasteiger charge is -2.34. The fourth-order valence-corrected chi connectivity index (χ4v) is 5.64. The molecule has 6 nitrogen and oxygen atoms in total. The molecule has 248 valence electrons. The van der Waals surface area contributed by atoms with Gasteiger partial charge in [-0.05, 0) is 109 Å². The first-order chi connectivity index (χ1) is 22.1. The van der Waals surface area contributed by atoms with Gasteiger partial charge in [-0.15, -0.1) is 0 Å². The van der Waals surface area contributed by atoms with E-state index in [1.807, 2.05) is 67.6 Å². The van der Waals surface area contributed by atoms with Gasteiger partial charge < -0.3 is 14.4 Å². The van der Waals surface area contributed by atoms with Gasteiger partial charge in [-0.25, -0.2) is 18.4 Å². The fourth-order valence-electron chi connectivity index (χ4n) is 4.87. The molecule has 1 amide bonds. The van der Waals surface area contributed by atoms with E-state index in [-0.39, 0.29) is 44.4 Å². The predicted octanol–water partition coefficient (Wildman–Crippen LogP) is 10.6. The lowest BCUT2D eigenvalue weighted by atomic mass is 9.94. The normalized spacial score (nSPS) is 14.1. The van der Waals surface area contributed by atoms with Crippen molar-refractivity contribution in [2.24, 2.45) is 4.99 Å². The van der Waals surface area contributed by atoms with Gasteiger partial charge in [0.15, 0.2) is 0 Å². The Kier molecular flexibility index (Phi) is 15.0. The minimum Gasteiger partial charge on any atom is -0.449 e. The molecule has 2 aliphatic rings. The lowest BCUT2D eigenvalue weighted by Crippen LogP contribution is -2.39. The van der Waals surface area contributed by atoms with E-state index in [2.05, 4.69) is 41.6 Å². The second-order valence-electron chi connectivity index (χ2n) is 10.4. The summed E-state index contributed by atoms with van der Waals surface area (Å²) < 4.78 is 37.6. The second kappa shape index (κ2) is 18.7. The highest BCUT2D eigenvalue weighted by Crippen LogP contribution is 2.33. The van der Waals surface area contributed by atoms with Crippen molar-refractivity contribution < 1.29 is 27.8 Å². The number of fused-ring (bicyclic) bond motifs is 2. The second-order valence-corrected chi connectivity index (χ2v) is 12.4. The Hall–Kier alpha value is -3.60. The quantitative estimate of drug-likeness (QED) is 0.193. The first-order valence-electron chi connectivity index (χ1n) is 14.4. The number of carbonyl (C=O) groups excluding carboxylic acids is 2. The standard InChI is InChI=1S/C18H17BrFNO2.C9H7BrFN.C8H7ClO2.CH4/c1-12-15-10-16(19)17(20)9-14(15)7-8-21(12)18(22)23-11-13-5-3-2-4-6-13;10-8-3-7-5-12-2-1-6(7)4-9(8)11;9-8(10)11-6-7-4-2-1-3-5-7;/h2-6,9-10,12H,7-8,11H2,1H3;3-5H,1-2H2;1-5H,6H2;1H4. The number of amides is 1. The molecular weight excluding hydrogens is 758 g/mol. The van der Waals surface area contributed by atoms with E-state index in [4.69, 9.17) is 16.3 Å². The maximum absolute atomic E-state index is 13.6. The van der Waals surface area contributed by atoms with Crippen LogP contribution in [0.1, 0.15) is 53.8 Å². The van der Waals surface area contributed by atoms with Crippen LogP contribution < -0.4 is 0 Å². The Labute approximate surface area is 296 Å². The Balaban J connectivity index is 0.000000211. The average molecular weight is 793 g/mol. The van der Waals surface area contributed by atoms with Crippen LogP contribution in [-0.4, -0.2) is 35.7 Å². The van der Waals surface area contributed by atoms with Gasteiger partial charge in [0.1, 0.15) is 24.8 Å². The number of aliphatic imine (C=N–C) groups is 1. The number of hydrogen-bond acceptors (Lipinski definition) is 5. The van der Waals surface area contributed by atoms with E-state index >= 15 is 0 Å². The van der Waals surface area contributed by atoms with Gasteiger partial charge in [-0.1, -0.05) is 68.1 Å². The van der Waals surface area contributed by atoms with Crippen LogP contribution >= 0.6 is 43.5 Å².